The Kier molecular flexibility index (Phi) is 5.79. The van der Waals surface area contributed by atoms with Crippen LogP contribution in [0, 0.1) is 0 Å². The van der Waals surface area contributed by atoms with E-state index in [2.05, 4.69) is 15.4 Å². The Morgan fingerprint density at radius 2 is 1.79 bits per heavy atom. The second-order valence-electron chi connectivity index (χ2n) is 6.59. The van der Waals surface area contributed by atoms with Gasteiger partial charge in [0, 0.05) is 11.8 Å². The fourth-order valence-corrected chi connectivity index (χ4v) is 3.76. The maximum absolute atomic E-state index is 12.8. The van der Waals surface area contributed by atoms with Gasteiger partial charge < -0.3 is 10.4 Å². The molecule has 0 radical (unpaired) electrons. The zero-order valence-electron chi connectivity index (χ0n) is 15.6. The van der Waals surface area contributed by atoms with Gasteiger partial charge in [-0.1, -0.05) is 60.7 Å². The topological polar surface area (TPSA) is 80.0 Å². The highest BCUT2D eigenvalue weighted by Crippen LogP contribution is 2.22. The highest BCUT2D eigenvalue weighted by Gasteiger charge is 2.20. The van der Waals surface area contributed by atoms with Crippen molar-refractivity contribution in [3.63, 3.8) is 0 Å². The standard InChI is InChI=1S/C22H20N4O2S/c27-14-19(11-16-7-3-1-4-8-16)25-22(28)20-21(23-15-29-20)26-13-18(12-24-26)17-9-5-2-6-10-17/h1-10,12-13,15,19,27H,11,14H2,(H,25,28)/t19-/m0/s1. The average Bonchev–Trinajstić information content (AvgIpc) is 3.44. The van der Waals surface area contributed by atoms with E-state index in [0.717, 1.165) is 16.7 Å². The van der Waals surface area contributed by atoms with E-state index >= 15 is 0 Å². The number of thiazole rings is 1. The van der Waals surface area contributed by atoms with E-state index in [1.807, 2.05) is 66.9 Å². The lowest BCUT2D eigenvalue weighted by Gasteiger charge is -2.16. The lowest BCUT2D eigenvalue weighted by Crippen LogP contribution is -2.39. The molecule has 2 aromatic carbocycles. The van der Waals surface area contributed by atoms with Crippen molar-refractivity contribution in [2.24, 2.45) is 0 Å². The molecular weight excluding hydrogens is 384 g/mol. The molecule has 0 aliphatic rings. The highest BCUT2D eigenvalue weighted by molar-refractivity contribution is 7.12. The molecule has 6 nitrogen and oxygen atoms in total. The summed E-state index contributed by atoms with van der Waals surface area (Å²) in [6, 6.07) is 19.3. The molecule has 2 heterocycles. The predicted octanol–water partition coefficient (Wildman–Crippen LogP) is 3.33. The lowest BCUT2D eigenvalue weighted by atomic mass is 10.1. The van der Waals surface area contributed by atoms with Crippen LogP contribution >= 0.6 is 11.3 Å². The quantitative estimate of drug-likeness (QED) is 0.495. The van der Waals surface area contributed by atoms with Crippen molar-refractivity contribution in [2.45, 2.75) is 12.5 Å². The lowest BCUT2D eigenvalue weighted by molar-refractivity contribution is 0.0920. The third kappa shape index (κ3) is 4.42. The number of hydrogen-bond donors (Lipinski definition) is 2. The minimum atomic E-state index is -0.377. The number of benzene rings is 2. The van der Waals surface area contributed by atoms with Gasteiger partial charge in [0.05, 0.1) is 24.4 Å². The third-order valence-electron chi connectivity index (χ3n) is 4.54. The van der Waals surface area contributed by atoms with Gasteiger partial charge in [-0.2, -0.15) is 5.10 Å². The number of aliphatic hydroxyl groups is 1. The molecule has 0 fully saturated rings. The number of carbonyl (C=O) groups excluding carboxylic acids is 1. The van der Waals surface area contributed by atoms with Gasteiger partial charge in [-0.25, -0.2) is 9.67 Å². The maximum Gasteiger partial charge on any atom is 0.265 e. The van der Waals surface area contributed by atoms with Crippen molar-refractivity contribution in [3.05, 3.63) is 89.0 Å². The van der Waals surface area contributed by atoms with Crippen molar-refractivity contribution in [3.8, 4) is 16.9 Å². The zero-order chi connectivity index (χ0) is 20.1. The monoisotopic (exact) mass is 404 g/mol. The molecule has 4 aromatic rings. The predicted molar refractivity (Wildman–Crippen MR) is 113 cm³/mol. The van der Waals surface area contributed by atoms with E-state index in [1.165, 1.54) is 11.3 Å². The van der Waals surface area contributed by atoms with Gasteiger partial charge in [0.25, 0.3) is 5.91 Å². The minimum absolute atomic E-state index is 0.144. The Balaban J connectivity index is 1.51. The van der Waals surface area contributed by atoms with Crippen LogP contribution in [-0.2, 0) is 6.42 Å². The first kappa shape index (κ1) is 19.0. The van der Waals surface area contributed by atoms with E-state index in [-0.39, 0.29) is 18.6 Å². The summed E-state index contributed by atoms with van der Waals surface area (Å²) < 4.78 is 1.61. The average molecular weight is 404 g/mol. The fraction of sp³-hybridized carbons (Fsp3) is 0.136. The first-order valence-electron chi connectivity index (χ1n) is 9.24. The molecule has 1 amide bonds. The number of nitrogens with one attached hydrogen (secondary N) is 1. The normalized spacial score (nSPS) is 11.9. The fourth-order valence-electron chi connectivity index (χ4n) is 3.09. The Hall–Kier alpha value is -3.29. The molecule has 2 N–H and O–H groups in total. The molecule has 0 unspecified atom stereocenters. The van der Waals surface area contributed by atoms with Crippen molar-refractivity contribution < 1.29 is 9.90 Å². The maximum atomic E-state index is 12.8. The van der Waals surface area contributed by atoms with Crippen LogP contribution in [0.1, 0.15) is 15.2 Å². The number of aliphatic hydroxyl groups excluding tert-OH is 1. The van der Waals surface area contributed by atoms with Crippen LogP contribution in [-0.4, -0.2) is 38.4 Å². The number of amides is 1. The molecule has 0 aliphatic heterocycles. The summed E-state index contributed by atoms with van der Waals surface area (Å²) in [4.78, 5) is 17.6. The number of nitrogens with zero attached hydrogens (tertiary/aromatic N) is 3. The van der Waals surface area contributed by atoms with Gasteiger partial charge in [-0.3, -0.25) is 4.79 Å². The number of hydrogen-bond acceptors (Lipinski definition) is 5. The van der Waals surface area contributed by atoms with Gasteiger partial charge in [-0.15, -0.1) is 11.3 Å². The van der Waals surface area contributed by atoms with Crippen LogP contribution in [0.25, 0.3) is 16.9 Å². The first-order chi connectivity index (χ1) is 14.2. The summed E-state index contributed by atoms with van der Waals surface area (Å²) in [6.45, 7) is -0.144. The molecule has 2 aromatic heterocycles. The van der Waals surface area contributed by atoms with Crippen LogP contribution < -0.4 is 5.32 Å². The summed E-state index contributed by atoms with van der Waals surface area (Å²) in [5, 5.41) is 17.0. The highest BCUT2D eigenvalue weighted by atomic mass is 32.1. The zero-order valence-corrected chi connectivity index (χ0v) is 16.4. The molecule has 0 bridgehead atoms. The molecule has 0 saturated heterocycles. The Morgan fingerprint density at radius 1 is 1.07 bits per heavy atom. The third-order valence-corrected chi connectivity index (χ3v) is 5.36. The Labute approximate surface area is 172 Å². The molecule has 0 saturated carbocycles. The summed E-state index contributed by atoms with van der Waals surface area (Å²) in [7, 11) is 0. The van der Waals surface area contributed by atoms with E-state index in [0.29, 0.717) is 17.1 Å². The van der Waals surface area contributed by atoms with E-state index in [4.69, 9.17) is 0 Å². The van der Waals surface area contributed by atoms with Crippen LogP contribution in [0.15, 0.2) is 78.6 Å². The number of rotatable bonds is 7. The van der Waals surface area contributed by atoms with Crippen molar-refractivity contribution in [1.29, 1.82) is 0 Å². The first-order valence-corrected chi connectivity index (χ1v) is 10.1. The summed E-state index contributed by atoms with van der Waals surface area (Å²) in [5.41, 5.74) is 4.67. The molecule has 29 heavy (non-hydrogen) atoms. The second kappa shape index (κ2) is 8.81. The molecule has 0 aliphatic carbocycles. The Bertz CT molecular complexity index is 1080. The van der Waals surface area contributed by atoms with Crippen molar-refractivity contribution >= 4 is 17.2 Å². The van der Waals surface area contributed by atoms with Crippen LogP contribution in [0.4, 0.5) is 0 Å². The number of carbonyl (C=O) groups is 1. The second-order valence-corrected chi connectivity index (χ2v) is 7.44. The van der Waals surface area contributed by atoms with E-state index < -0.39 is 0 Å². The summed E-state index contributed by atoms with van der Waals surface area (Å²) in [5.74, 6) is 0.209. The largest absolute Gasteiger partial charge is 0.394 e. The summed E-state index contributed by atoms with van der Waals surface area (Å²) in [6.07, 6.45) is 4.16. The van der Waals surface area contributed by atoms with Crippen molar-refractivity contribution in [2.75, 3.05) is 6.61 Å². The smallest absolute Gasteiger partial charge is 0.265 e. The Morgan fingerprint density at radius 3 is 2.52 bits per heavy atom. The molecule has 4 rings (SSSR count). The van der Waals surface area contributed by atoms with E-state index in [1.54, 1.807) is 16.4 Å². The van der Waals surface area contributed by atoms with Crippen molar-refractivity contribution in [1.82, 2.24) is 20.1 Å². The molecule has 7 heteroatoms. The van der Waals surface area contributed by atoms with Gasteiger partial charge >= 0.3 is 0 Å². The molecule has 146 valence electrons. The van der Waals surface area contributed by atoms with Gasteiger partial charge in [0.15, 0.2) is 5.82 Å². The van der Waals surface area contributed by atoms with Gasteiger partial charge in [0.2, 0.25) is 0 Å². The minimum Gasteiger partial charge on any atom is -0.394 e. The van der Waals surface area contributed by atoms with Crippen LogP contribution in [0.5, 0.6) is 0 Å². The summed E-state index contributed by atoms with van der Waals surface area (Å²) >= 11 is 1.25. The SMILES string of the molecule is O=C(N[C@H](CO)Cc1ccccc1)c1scnc1-n1cc(-c2ccccc2)cn1. The van der Waals surface area contributed by atoms with Crippen LogP contribution in [0.2, 0.25) is 0 Å². The van der Waals surface area contributed by atoms with Crippen LogP contribution in [0.3, 0.4) is 0 Å². The molecule has 0 spiro atoms. The van der Waals surface area contributed by atoms with Gasteiger partial charge in [-0.05, 0) is 17.5 Å². The van der Waals surface area contributed by atoms with Gasteiger partial charge in [0.1, 0.15) is 4.88 Å². The van der Waals surface area contributed by atoms with E-state index in [9.17, 15) is 9.90 Å². The number of aromatic nitrogens is 3. The molecular formula is C22H20N4O2S. The molecule has 1 atom stereocenters.